The molecular formula is C28H20ClFN2OS. The summed E-state index contributed by atoms with van der Waals surface area (Å²) in [5.41, 5.74) is 6.45. The number of nitrogens with zero attached hydrogens (tertiary/aromatic N) is 1. The van der Waals surface area contributed by atoms with Gasteiger partial charge < -0.3 is 9.88 Å². The van der Waals surface area contributed by atoms with Crippen molar-refractivity contribution >= 4 is 45.4 Å². The quantitative estimate of drug-likeness (QED) is 0.271. The Morgan fingerprint density at radius 1 is 1.03 bits per heavy atom. The van der Waals surface area contributed by atoms with Crippen molar-refractivity contribution in [2.75, 3.05) is 11.4 Å². The van der Waals surface area contributed by atoms with Crippen LogP contribution in [0.5, 0.6) is 0 Å². The number of aryl methyl sites for hydroxylation is 1. The number of halogens is 2. The maximum absolute atomic E-state index is 14.4. The molecule has 3 heterocycles. The molecule has 0 radical (unpaired) electrons. The fourth-order valence-corrected chi connectivity index (χ4v) is 6.05. The fourth-order valence-electron chi connectivity index (χ4n) is 4.61. The normalized spacial score (nSPS) is 13.0. The van der Waals surface area contributed by atoms with Crippen LogP contribution in [0.25, 0.3) is 31.8 Å². The molecule has 1 aliphatic rings. The number of carbonyl (C=O) groups is 1. The molecule has 5 aromatic rings. The molecular weight excluding hydrogens is 467 g/mol. The highest BCUT2D eigenvalue weighted by Gasteiger charge is 2.27. The van der Waals surface area contributed by atoms with E-state index in [0.717, 1.165) is 42.9 Å². The number of thiophene rings is 1. The van der Waals surface area contributed by atoms with Gasteiger partial charge in [0.1, 0.15) is 5.82 Å². The lowest BCUT2D eigenvalue weighted by atomic mass is 10.1. The van der Waals surface area contributed by atoms with Crippen molar-refractivity contribution in [1.29, 1.82) is 0 Å². The summed E-state index contributed by atoms with van der Waals surface area (Å²) in [4.78, 5) is 20.7. The molecule has 6 heteroatoms. The summed E-state index contributed by atoms with van der Waals surface area (Å²) < 4.78 is 14.4. The molecule has 0 fully saturated rings. The van der Waals surface area contributed by atoms with E-state index >= 15 is 0 Å². The number of carbonyl (C=O) groups excluding carboxylic acids is 1. The summed E-state index contributed by atoms with van der Waals surface area (Å²) in [5, 5.41) is 1.76. The first-order chi connectivity index (χ1) is 16.5. The van der Waals surface area contributed by atoms with Crippen molar-refractivity contribution in [1.82, 2.24) is 4.98 Å². The minimum absolute atomic E-state index is 0.117. The molecule has 34 heavy (non-hydrogen) atoms. The highest BCUT2D eigenvalue weighted by molar-refractivity contribution is 7.19. The maximum Gasteiger partial charge on any atom is 0.258 e. The molecule has 6 rings (SSSR count). The summed E-state index contributed by atoms with van der Waals surface area (Å²) in [5.74, 6) is -0.472. The van der Waals surface area contributed by atoms with Crippen molar-refractivity contribution in [3.63, 3.8) is 0 Å². The second kappa shape index (κ2) is 8.12. The SMILES string of the molecule is Cc1ccc(C(=O)N2CCc3cc(-c4c[nH]c5ccc(Cl)cc45)sc3-c3ccc(F)cc32)cc1. The Bertz CT molecular complexity index is 1570. The Morgan fingerprint density at radius 2 is 1.85 bits per heavy atom. The van der Waals surface area contributed by atoms with Crippen molar-refractivity contribution < 1.29 is 9.18 Å². The zero-order chi connectivity index (χ0) is 23.4. The van der Waals surface area contributed by atoms with Crippen LogP contribution in [0.3, 0.4) is 0 Å². The molecule has 3 aromatic carbocycles. The van der Waals surface area contributed by atoms with Gasteiger partial charge in [-0.25, -0.2) is 4.39 Å². The van der Waals surface area contributed by atoms with Gasteiger partial charge in [-0.1, -0.05) is 29.3 Å². The molecule has 1 amide bonds. The second-order valence-corrected chi connectivity index (χ2v) is 10.1. The number of hydrogen-bond acceptors (Lipinski definition) is 2. The van der Waals surface area contributed by atoms with Gasteiger partial charge in [0, 0.05) is 55.1 Å². The van der Waals surface area contributed by atoms with Gasteiger partial charge >= 0.3 is 0 Å². The topological polar surface area (TPSA) is 36.1 Å². The third kappa shape index (κ3) is 3.52. The average Bonchev–Trinajstić information content (AvgIpc) is 3.40. The van der Waals surface area contributed by atoms with Gasteiger partial charge in [0.15, 0.2) is 0 Å². The van der Waals surface area contributed by atoms with Gasteiger partial charge in [-0.2, -0.15) is 0 Å². The molecule has 0 unspecified atom stereocenters. The summed E-state index contributed by atoms with van der Waals surface area (Å²) in [7, 11) is 0. The first-order valence-electron chi connectivity index (χ1n) is 11.1. The third-order valence-corrected chi connectivity index (χ3v) is 7.84. The fraction of sp³-hybridized carbons (Fsp3) is 0.107. The van der Waals surface area contributed by atoms with Crippen LogP contribution in [0.2, 0.25) is 5.02 Å². The van der Waals surface area contributed by atoms with Crippen LogP contribution in [-0.4, -0.2) is 17.4 Å². The second-order valence-electron chi connectivity index (χ2n) is 8.59. The van der Waals surface area contributed by atoms with E-state index in [0.29, 0.717) is 29.2 Å². The predicted molar refractivity (Wildman–Crippen MR) is 139 cm³/mol. The summed E-state index contributed by atoms with van der Waals surface area (Å²) >= 11 is 7.92. The van der Waals surface area contributed by atoms with E-state index in [-0.39, 0.29) is 11.7 Å². The molecule has 0 saturated heterocycles. The zero-order valence-electron chi connectivity index (χ0n) is 18.4. The molecule has 1 N–H and O–H groups in total. The number of rotatable bonds is 2. The van der Waals surface area contributed by atoms with Crippen LogP contribution in [0, 0.1) is 12.7 Å². The minimum Gasteiger partial charge on any atom is -0.361 e. The van der Waals surface area contributed by atoms with Crippen LogP contribution >= 0.6 is 22.9 Å². The monoisotopic (exact) mass is 486 g/mol. The lowest BCUT2D eigenvalue weighted by Crippen LogP contribution is -2.32. The van der Waals surface area contributed by atoms with Crippen molar-refractivity contribution in [2.24, 2.45) is 0 Å². The van der Waals surface area contributed by atoms with Gasteiger partial charge in [0.25, 0.3) is 5.91 Å². The molecule has 2 aromatic heterocycles. The molecule has 0 atom stereocenters. The van der Waals surface area contributed by atoms with Crippen LogP contribution in [-0.2, 0) is 6.42 Å². The zero-order valence-corrected chi connectivity index (χ0v) is 19.9. The van der Waals surface area contributed by atoms with Crippen LogP contribution in [0.15, 0.2) is 72.9 Å². The Morgan fingerprint density at radius 3 is 2.68 bits per heavy atom. The van der Waals surface area contributed by atoms with Gasteiger partial charge in [-0.3, -0.25) is 4.79 Å². The van der Waals surface area contributed by atoms with Crippen LogP contribution in [0.1, 0.15) is 21.5 Å². The van der Waals surface area contributed by atoms with E-state index in [1.807, 2.05) is 55.6 Å². The van der Waals surface area contributed by atoms with Crippen LogP contribution in [0.4, 0.5) is 10.1 Å². The van der Waals surface area contributed by atoms with E-state index in [1.54, 1.807) is 22.3 Å². The van der Waals surface area contributed by atoms with E-state index in [1.165, 1.54) is 12.1 Å². The number of amides is 1. The standard InChI is InChI=1S/C28H20ClFN2OS/c1-16-2-4-17(5-3-16)28(33)32-11-10-18-12-26(23-15-31-24-9-6-19(29)13-22(23)24)34-27(18)21-8-7-20(30)14-25(21)32/h2-9,12-15,31H,10-11H2,1H3. The summed E-state index contributed by atoms with van der Waals surface area (Å²) in [6.45, 7) is 2.47. The summed E-state index contributed by atoms with van der Waals surface area (Å²) in [6, 6.07) is 20.3. The molecule has 1 aliphatic heterocycles. The highest BCUT2D eigenvalue weighted by atomic mass is 35.5. The number of anilines is 1. The van der Waals surface area contributed by atoms with E-state index in [2.05, 4.69) is 11.1 Å². The highest BCUT2D eigenvalue weighted by Crippen LogP contribution is 2.46. The molecule has 0 bridgehead atoms. The number of benzene rings is 3. The molecule has 168 valence electrons. The van der Waals surface area contributed by atoms with Gasteiger partial charge in [-0.05, 0) is 73.5 Å². The molecule has 0 aliphatic carbocycles. The van der Waals surface area contributed by atoms with Gasteiger partial charge in [-0.15, -0.1) is 11.3 Å². The van der Waals surface area contributed by atoms with E-state index < -0.39 is 0 Å². The predicted octanol–water partition coefficient (Wildman–Crippen LogP) is 7.87. The number of fused-ring (bicyclic) bond motifs is 4. The number of H-pyrrole nitrogens is 1. The minimum atomic E-state index is -0.355. The van der Waals surface area contributed by atoms with E-state index in [9.17, 15) is 9.18 Å². The third-order valence-electron chi connectivity index (χ3n) is 6.36. The van der Waals surface area contributed by atoms with E-state index in [4.69, 9.17) is 11.6 Å². The molecule has 3 nitrogen and oxygen atoms in total. The number of aromatic amines is 1. The first-order valence-corrected chi connectivity index (χ1v) is 12.3. The Kier molecular flexibility index (Phi) is 5.05. The van der Waals surface area contributed by atoms with Crippen molar-refractivity contribution in [3.8, 4) is 20.9 Å². The largest absolute Gasteiger partial charge is 0.361 e. The Balaban J connectivity index is 1.46. The summed E-state index contributed by atoms with van der Waals surface area (Å²) in [6.07, 6.45) is 2.69. The smallest absolute Gasteiger partial charge is 0.258 e. The molecule has 0 saturated carbocycles. The van der Waals surface area contributed by atoms with Crippen LogP contribution < -0.4 is 4.90 Å². The maximum atomic E-state index is 14.4. The Hall–Kier alpha value is -3.41. The van der Waals surface area contributed by atoms with Gasteiger partial charge in [0.05, 0.1) is 5.69 Å². The average molecular weight is 487 g/mol. The lowest BCUT2D eigenvalue weighted by molar-refractivity contribution is 0.0987. The first kappa shape index (κ1) is 21.1. The lowest BCUT2D eigenvalue weighted by Gasteiger charge is -2.23. The Labute approximate surface area is 205 Å². The molecule has 0 spiro atoms. The van der Waals surface area contributed by atoms with Crippen molar-refractivity contribution in [2.45, 2.75) is 13.3 Å². The van der Waals surface area contributed by atoms with Crippen molar-refractivity contribution in [3.05, 3.63) is 100 Å². The van der Waals surface area contributed by atoms with Gasteiger partial charge in [0.2, 0.25) is 0 Å². The number of aromatic nitrogens is 1. The number of nitrogens with one attached hydrogen (secondary N) is 1. The number of hydrogen-bond donors (Lipinski definition) is 1.